The number of nitriles is 1. The topological polar surface area (TPSA) is 62.7 Å². The predicted molar refractivity (Wildman–Crippen MR) is 79.7 cm³/mol. The number of hydrogen-bond acceptors (Lipinski definition) is 4. The molecule has 0 spiro atoms. The highest BCUT2D eigenvalue weighted by Gasteiger charge is 2.25. The molecule has 0 aliphatic carbocycles. The third-order valence-corrected chi connectivity index (χ3v) is 3.98. The monoisotopic (exact) mass is 351 g/mol. The molecule has 2 rings (SSSR count). The lowest BCUT2D eigenvalue weighted by Gasteiger charge is -2.22. The summed E-state index contributed by atoms with van der Waals surface area (Å²) in [6, 6.07) is 6.64. The quantitative estimate of drug-likeness (QED) is 0.794. The summed E-state index contributed by atoms with van der Waals surface area (Å²) < 4.78 is 19.2. The number of hydrogen-bond donors (Lipinski definition) is 0. The van der Waals surface area contributed by atoms with Gasteiger partial charge < -0.3 is 4.52 Å². The molecule has 1 aromatic heterocycles. The Labute approximate surface area is 131 Å². The second-order valence-electron chi connectivity index (χ2n) is 5.35. The summed E-state index contributed by atoms with van der Waals surface area (Å²) in [4.78, 5) is 4.30. The molecule has 21 heavy (non-hydrogen) atoms. The molecule has 0 amide bonds. The number of benzene rings is 1. The molecule has 1 atom stereocenters. The molecule has 1 heterocycles. The van der Waals surface area contributed by atoms with E-state index in [0.717, 1.165) is 6.42 Å². The Balaban J connectivity index is 2.24. The van der Waals surface area contributed by atoms with Crippen LogP contribution in [0.2, 0.25) is 0 Å². The van der Waals surface area contributed by atoms with Crippen molar-refractivity contribution in [2.45, 2.75) is 33.1 Å². The molecule has 6 heteroatoms. The molecule has 1 aromatic carbocycles. The lowest BCUT2D eigenvalue weighted by Crippen LogP contribution is -2.18. The van der Waals surface area contributed by atoms with Gasteiger partial charge in [0.1, 0.15) is 5.82 Å². The van der Waals surface area contributed by atoms with Crippen LogP contribution < -0.4 is 0 Å². The van der Waals surface area contributed by atoms with Crippen molar-refractivity contribution in [3.8, 4) is 17.5 Å². The fourth-order valence-electron chi connectivity index (χ4n) is 2.00. The van der Waals surface area contributed by atoms with Gasteiger partial charge in [-0.05, 0) is 30.0 Å². The molecule has 2 aromatic rings. The third kappa shape index (κ3) is 3.88. The first-order chi connectivity index (χ1) is 9.95. The Bertz CT molecular complexity index is 660. The van der Waals surface area contributed by atoms with E-state index < -0.39 is 0 Å². The van der Waals surface area contributed by atoms with E-state index >= 15 is 0 Å². The highest BCUT2D eigenvalue weighted by molar-refractivity contribution is 9.10. The summed E-state index contributed by atoms with van der Waals surface area (Å²) in [6.07, 6.45) is 1.79. The number of aromatic nitrogens is 2. The summed E-state index contributed by atoms with van der Waals surface area (Å²) in [5, 5.41) is 12.8. The van der Waals surface area contributed by atoms with E-state index in [2.05, 4.69) is 32.1 Å². The second-order valence-corrected chi connectivity index (χ2v) is 6.26. The summed E-state index contributed by atoms with van der Waals surface area (Å²) in [5.74, 6) is 0.444. The van der Waals surface area contributed by atoms with Gasteiger partial charge in [-0.1, -0.05) is 34.9 Å². The predicted octanol–water partition coefficient (Wildman–Crippen LogP) is 4.51. The zero-order valence-corrected chi connectivity index (χ0v) is 13.4. The van der Waals surface area contributed by atoms with Crippen molar-refractivity contribution in [3.05, 3.63) is 34.4 Å². The summed E-state index contributed by atoms with van der Waals surface area (Å²) in [6.45, 7) is 4.04. The molecule has 0 fully saturated rings. The van der Waals surface area contributed by atoms with Gasteiger partial charge in [-0.3, -0.25) is 0 Å². The standard InChI is InChI=1S/C15H15BrFN3O/c1-3-15(2,4-5-18)9-13-19-14(20-21-13)10-6-11(16)8-12(17)7-10/h6-8H,3-4,9H2,1-2H3. The van der Waals surface area contributed by atoms with Crippen molar-refractivity contribution < 1.29 is 8.91 Å². The molecular formula is C15H15BrFN3O. The minimum Gasteiger partial charge on any atom is -0.339 e. The molecular weight excluding hydrogens is 337 g/mol. The van der Waals surface area contributed by atoms with Crippen LogP contribution in [0.3, 0.4) is 0 Å². The van der Waals surface area contributed by atoms with Crippen LogP contribution >= 0.6 is 15.9 Å². The Morgan fingerprint density at radius 3 is 2.81 bits per heavy atom. The molecule has 0 aliphatic rings. The Kier molecular flexibility index (Phi) is 4.73. The van der Waals surface area contributed by atoms with Gasteiger partial charge in [-0.25, -0.2) is 4.39 Å². The van der Waals surface area contributed by atoms with Crippen LogP contribution in [-0.2, 0) is 6.42 Å². The van der Waals surface area contributed by atoms with Gasteiger partial charge >= 0.3 is 0 Å². The van der Waals surface area contributed by atoms with Crippen molar-refractivity contribution in [2.75, 3.05) is 0 Å². The lowest BCUT2D eigenvalue weighted by atomic mass is 9.81. The van der Waals surface area contributed by atoms with E-state index in [1.165, 1.54) is 12.1 Å². The first-order valence-corrected chi connectivity index (χ1v) is 7.41. The van der Waals surface area contributed by atoms with E-state index in [0.29, 0.717) is 34.6 Å². The van der Waals surface area contributed by atoms with Crippen LogP contribution in [0.1, 0.15) is 32.6 Å². The van der Waals surface area contributed by atoms with Gasteiger partial charge in [0.15, 0.2) is 0 Å². The molecule has 0 saturated carbocycles. The van der Waals surface area contributed by atoms with Crippen LogP contribution in [0.25, 0.3) is 11.4 Å². The summed E-state index contributed by atoms with van der Waals surface area (Å²) in [5.41, 5.74) is 0.358. The van der Waals surface area contributed by atoms with E-state index in [9.17, 15) is 4.39 Å². The molecule has 0 saturated heterocycles. The van der Waals surface area contributed by atoms with Crippen molar-refractivity contribution in [1.82, 2.24) is 10.1 Å². The van der Waals surface area contributed by atoms with Crippen molar-refractivity contribution in [2.24, 2.45) is 5.41 Å². The minimum atomic E-state index is -0.367. The van der Waals surface area contributed by atoms with Gasteiger partial charge in [-0.15, -0.1) is 0 Å². The third-order valence-electron chi connectivity index (χ3n) is 3.53. The van der Waals surface area contributed by atoms with Gasteiger partial charge in [0.05, 0.1) is 6.07 Å². The highest BCUT2D eigenvalue weighted by atomic mass is 79.9. The maximum Gasteiger partial charge on any atom is 0.227 e. The van der Waals surface area contributed by atoms with Gasteiger partial charge in [-0.2, -0.15) is 10.2 Å². The smallest absolute Gasteiger partial charge is 0.227 e. The largest absolute Gasteiger partial charge is 0.339 e. The van der Waals surface area contributed by atoms with Crippen LogP contribution in [0.4, 0.5) is 4.39 Å². The normalized spacial score (nSPS) is 13.7. The average molecular weight is 352 g/mol. The van der Waals surface area contributed by atoms with Crippen LogP contribution in [0, 0.1) is 22.6 Å². The fourth-order valence-corrected chi connectivity index (χ4v) is 2.46. The Morgan fingerprint density at radius 2 is 2.19 bits per heavy atom. The molecule has 0 radical (unpaired) electrons. The van der Waals surface area contributed by atoms with Gasteiger partial charge in [0.2, 0.25) is 11.7 Å². The molecule has 4 nitrogen and oxygen atoms in total. The van der Waals surface area contributed by atoms with E-state index in [4.69, 9.17) is 9.78 Å². The first kappa shape index (κ1) is 15.6. The van der Waals surface area contributed by atoms with Crippen LogP contribution in [-0.4, -0.2) is 10.1 Å². The first-order valence-electron chi connectivity index (χ1n) is 6.62. The summed E-state index contributed by atoms with van der Waals surface area (Å²) >= 11 is 3.24. The average Bonchev–Trinajstić information content (AvgIpc) is 2.86. The Hall–Kier alpha value is -1.74. The number of rotatable bonds is 5. The minimum absolute atomic E-state index is 0.193. The maximum absolute atomic E-state index is 13.4. The number of nitrogens with zero attached hydrogens (tertiary/aromatic N) is 3. The zero-order chi connectivity index (χ0) is 15.5. The second kappa shape index (κ2) is 6.35. The highest BCUT2D eigenvalue weighted by Crippen LogP contribution is 2.30. The van der Waals surface area contributed by atoms with E-state index in [1.54, 1.807) is 6.07 Å². The van der Waals surface area contributed by atoms with Crippen molar-refractivity contribution >= 4 is 15.9 Å². The van der Waals surface area contributed by atoms with E-state index in [1.807, 2.05) is 13.8 Å². The van der Waals surface area contributed by atoms with Crippen molar-refractivity contribution in [3.63, 3.8) is 0 Å². The summed E-state index contributed by atoms with van der Waals surface area (Å²) in [7, 11) is 0. The molecule has 0 bridgehead atoms. The lowest BCUT2D eigenvalue weighted by molar-refractivity contribution is 0.266. The van der Waals surface area contributed by atoms with Gasteiger partial charge in [0.25, 0.3) is 0 Å². The molecule has 1 unspecified atom stereocenters. The zero-order valence-electron chi connectivity index (χ0n) is 11.9. The fraction of sp³-hybridized carbons (Fsp3) is 0.400. The number of halogens is 2. The SMILES string of the molecule is CCC(C)(CC#N)Cc1nc(-c2cc(F)cc(Br)c2)no1. The van der Waals surface area contributed by atoms with Crippen molar-refractivity contribution in [1.29, 1.82) is 5.26 Å². The van der Waals surface area contributed by atoms with Crippen LogP contribution in [0.5, 0.6) is 0 Å². The van der Waals surface area contributed by atoms with E-state index in [-0.39, 0.29) is 11.2 Å². The van der Waals surface area contributed by atoms with Gasteiger partial charge in [0, 0.05) is 22.9 Å². The maximum atomic E-state index is 13.4. The Morgan fingerprint density at radius 1 is 1.43 bits per heavy atom. The molecule has 0 aliphatic heterocycles. The molecule has 110 valence electrons. The molecule has 0 N–H and O–H groups in total. The van der Waals surface area contributed by atoms with Crippen LogP contribution in [0.15, 0.2) is 27.2 Å².